The van der Waals surface area contributed by atoms with Crippen LogP contribution in [0.1, 0.15) is 25.8 Å². The van der Waals surface area contributed by atoms with E-state index in [1.165, 1.54) is 0 Å². The second kappa shape index (κ2) is 7.68. The number of nitrogens with zero attached hydrogens (tertiary/aromatic N) is 1. The van der Waals surface area contributed by atoms with Crippen LogP contribution in [-0.2, 0) is 16.0 Å². The average Bonchev–Trinajstić information content (AvgIpc) is 3.45. The predicted molar refractivity (Wildman–Crippen MR) is 113 cm³/mol. The molecule has 3 heterocycles. The van der Waals surface area contributed by atoms with Gasteiger partial charge >= 0.3 is 0 Å². The molecule has 0 unspecified atom stereocenters. The molecule has 2 amide bonds. The molecule has 8 heteroatoms. The molecule has 2 aromatic carbocycles. The number of fused-ring (bicyclic) bond motifs is 2. The van der Waals surface area contributed by atoms with E-state index in [0.29, 0.717) is 41.8 Å². The van der Waals surface area contributed by atoms with E-state index in [2.05, 4.69) is 5.32 Å². The van der Waals surface area contributed by atoms with Gasteiger partial charge in [0.2, 0.25) is 18.6 Å². The van der Waals surface area contributed by atoms with Crippen LogP contribution in [0.25, 0.3) is 0 Å². The van der Waals surface area contributed by atoms with Gasteiger partial charge in [-0.25, -0.2) is 0 Å². The molecule has 31 heavy (non-hydrogen) atoms. The van der Waals surface area contributed by atoms with Gasteiger partial charge in [-0.05, 0) is 32.0 Å². The zero-order valence-electron chi connectivity index (χ0n) is 17.5. The monoisotopic (exact) mass is 424 g/mol. The fourth-order valence-corrected chi connectivity index (χ4v) is 4.23. The number of ether oxygens (including phenoxy) is 4. The van der Waals surface area contributed by atoms with Gasteiger partial charge < -0.3 is 29.2 Å². The van der Waals surface area contributed by atoms with Crippen LogP contribution in [0.5, 0.6) is 23.0 Å². The standard InChI is InChI=1S/C23H24N2O6/c1-3-28-20-7-14-6-13(2)31-19(14)10-17(20)24-23(27)15-8-22(26)25(11-15)16-4-5-18-21(9-16)30-12-29-18/h4-5,7,9-10,13,15H,3,6,8,11-12H2,1-2H3,(H,24,27)/t13-,15+/m0/s1. The van der Waals surface area contributed by atoms with E-state index in [1.54, 1.807) is 23.1 Å². The predicted octanol–water partition coefficient (Wildman–Crippen LogP) is 3.13. The number of hydrogen-bond acceptors (Lipinski definition) is 6. The number of anilines is 2. The molecule has 0 aromatic heterocycles. The third-order valence-corrected chi connectivity index (χ3v) is 5.72. The van der Waals surface area contributed by atoms with Crippen molar-refractivity contribution >= 4 is 23.2 Å². The Hall–Kier alpha value is -3.42. The number of rotatable bonds is 5. The molecule has 2 atom stereocenters. The normalized spacial score (nSPS) is 21.1. The van der Waals surface area contributed by atoms with Gasteiger partial charge in [0.25, 0.3) is 0 Å². The number of hydrogen-bond donors (Lipinski definition) is 1. The maximum atomic E-state index is 13.0. The maximum absolute atomic E-state index is 13.0. The van der Waals surface area contributed by atoms with Crippen LogP contribution < -0.4 is 29.2 Å². The van der Waals surface area contributed by atoms with Crippen LogP contribution in [0.4, 0.5) is 11.4 Å². The smallest absolute Gasteiger partial charge is 0.231 e. The largest absolute Gasteiger partial charge is 0.492 e. The number of amides is 2. The van der Waals surface area contributed by atoms with Crippen molar-refractivity contribution in [2.75, 3.05) is 30.2 Å². The lowest BCUT2D eigenvalue weighted by Crippen LogP contribution is -2.28. The van der Waals surface area contributed by atoms with E-state index in [4.69, 9.17) is 18.9 Å². The highest BCUT2D eigenvalue weighted by atomic mass is 16.7. The molecular formula is C23H24N2O6. The van der Waals surface area contributed by atoms with Gasteiger partial charge in [-0.15, -0.1) is 0 Å². The molecule has 0 saturated carbocycles. The lowest BCUT2D eigenvalue weighted by Gasteiger charge is -2.18. The Morgan fingerprint density at radius 1 is 1.16 bits per heavy atom. The van der Waals surface area contributed by atoms with Gasteiger partial charge in [0.15, 0.2) is 11.5 Å². The van der Waals surface area contributed by atoms with Crippen molar-refractivity contribution in [2.45, 2.75) is 32.8 Å². The minimum atomic E-state index is -0.472. The van der Waals surface area contributed by atoms with E-state index < -0.39 is 5.92 Å². The molecule has 0 radical (unpaired) electrons. The first-order valence-electron chi connectivity index (χ1n) is 10.5. The van der Waals surface area contributed by atoms with Crippen molar-refractivity contribution in [1.29, 1.82) is 0 Å². The summed E-state index contributed by atoms with van der Waals surface area (Å²) in [5, 5.41) is 2.95. The van der Waals surface area contributed by atoms with Crippen molar-refractivity contribution in [1.82, 2.24) is 0 Å². The SMILES string of the molecule is CCOc1cc2c(cc1NC(=O)[C@@H]1CC(=O)N(c3ccc4c(c3)OCO4)C1)O[C@@H](C)C2. The molecule has 3 aliphatic rings. The van der Waals surface area contributed by atoms with E-state index in [-0.39, 0.29) is 31.1 Å². The molecule has 8 nitrogen and oxygen atoms in total. The average molecular weight is 424 g/mol. The molecular weight excluding hydrogens is 400 g/mol. The van der Waals surface area contributed by atoms with Crippen LogP contribution in [0.15, 0.2) is 30.3 Å². The first-order valence-corrected chi connectivity index (χ1v) is 10.5. The van der Waals surface area contributed by atoms with Crippen molar-refractivity contribution in [3.63, 3.8) is 0 Å². The molecule has 1 fully saturated rings. The van der Waals surface area contributed by atoms with Crippen molar-refractivity contribution in [3.05, 3.63) is 35.9 Å². The van der Waals surface area contributed by atoms with Crippen LogP contribution in [-0.4, -0.2) is 37.9 Å². The van der Waals surface area contributed by atoms with Crippen LogP contribution in [0, 0.1) is 5.92 Å². The number of carbonyl (C=O) groups is 2. The number of nitrogens with one attached hydrogen (secondary N) is 1. The third kappa shape index (κ3) is 3.62. The summed E-state index contributed by atoms with van der Waals surface area (Å²) < 4.78 is 22.3. The van der Waals surface area contributed by atoms with Crippen LogP contribution >= 0.6 is 0 Å². The Morgan fingerprint density at radius 2 is 2.00 bits per heavy atom. The molecule has 3 aliphatic heterocycles. The molecule has 1 saturated heterocycles. The van der Waals surface area contributed by atoms with E-state index in [0.717, 1.165) is 17.7 Å². The van der Waals surface area contributed by atoms with Crippen LogP contribution in [0.2, 0.25) is 0 Å². The summed E-state index contributed by atoms with van der Waals surface area (Å²) in [5.74, 6) is 1.84. The molecule has 2 aromatic rings. The van der Waals surface area contributed by atoms with Gasteiger partial charge in [0, 0.05) is 42.8 Å². The molecule has 162 valence electrons. The fraction of sp³-hybridized carbons (Fsp3) is 0.391. The Bertz CT molecular complexity index is 1050. The zero-order valence-corrected chi connectivity index (χ0v) is 17.5. The van der Waals surface area contributed by atoms with Gasteiger partial charge in [-0.1, -0.05) is 0 Å². The first-order chi connectivity index (χ1) is 15.0. The lowest BCUT2D eigenvalue weighted by atomic mass is 10.1. The Kier molecular flexibility index (Phi) is 4.84. The topological polar surface area (TPSA) is 86.3 Å². The van der Waals surface area contributed by atoms with E-state index >= 15 is 0 Å². The maximum Gasteiger partial charge on any atom is 0.231 e. The molecule has 5 rings (SSSR count). The molecule has 0 spiro atoms. The quantitative estimate of drug-likeness (QED) is 0.794. The van der Waals surface area contributed by atoms with Crippen molar-refractivity contribution < 1.29 is 28.5 Å². The van der Waals surface area contributed by atoms with Gasteiger partial charge in [0.1, 0.15) is 17.6 Å². The molecule has 0 bridgehead atoms. The summed E-state index contributed by atoms with van der Waals surface area (Å²) >= 11 is 0. The van der Waals surface area contributed by atoms with Crippen LogP contribution in [0.3, 0.4) is 0 Å². The summed E-state index contributed by atoms with van der Waals surface area (Å²) in [6.45, 7) is 4.86. The minimum absolute atomic E-state index is 0.0955. The molecule has 1 N–H and O–H groups in total. The summed E-state index contributed by atoms with van der Waals surface area (Å²) in [4.78, 5) is 27.3. The zero-order chi connectivity index (χ0) is 21.5. The fourth-order valence-electron chi connectivity index (χ4n) is 4.23. The van der Waals surface area contributed by atoms with E-state index in [9.17, 15) is 9.59 Å². The van der Waals surface area contributed by atoms with Gasteiger partial charge in [-0.2, -0.15) is 0 Å². The second-order valence-corrected chi connectivity index (χ2v) is 7.95. The second-order valence-electron chi connectivity index (χ2n) is 7.95. The van der Waals surface area contributed by atoms with Crippen molar-refractivity contribution in [3.8, 4) is 23.0 Å². The summed E-state index contributed by atoms with van der Waals surface area (Å²) in [5.41, 5.74) is 2.33. The number of carbonyl (C=O) groups excluding carboxylic acids is 2. The Labute approximate surface area is 180 Å². The number of benzene rings is 2. The Balaban J connectivity index is 1.32. The molecule has 0 aliphatic carbocycles. The van der Waals surface area contributed by atoms with Gasteiger partial charge in [-0.3, -0.25) is 9.59 Å². The summed E-state index contributed by atoms with van der Waals surface area (Å²) in [6, 6.07) is 9.09. The van der Waals surface area contributed by atoms with Gasteiger partial charge in [0.05, 0.1) is 18.2 Å². The summed E-state index contributed by atoms with van der Waals surface area (Å²) in [7, 11) is 0. The summed E-state index contributed by atoms with van der Waals surface area (Å²) in [6.07, 6.45) is 1.05. The highest BCUT2D eigenvalue weighted by molar-refractivity contribution is 6.04. The van der Waals surface area contributed by atoms with E-state index in [1.807, 2.05) is 26.0 Å². The highest BCUT2D eigenvalue weighted by Crippen LogP contribution is 2.39. The third-order valence-electron chi connectivity index (χ3n) is 5.72. The lowest BCUT2D eigenvalue weighted by molar-refractivity contribution is -0.122. The van der Waals surface area contributed by atoms with Crippen molar-refractivity contribution in [2.24, 2.45) is 5.92 Å². The first kappa shape index (κ1) is 19.5. The highest BCUT2D eigenvalue weighted by Gasteiger charge is 2.36. The Morgan fingerprint density at radius 3 is 2.84 bits per heavy atom. The minimum Gasteiger partial charge on any atom is -0.492 e.